The molecule has 1 aromatic rings. The number of nitrogens with zero attached hydrogens (tertiary/aromatic N) is 1. The van der Waals surface area contributed by atoms with Gasteiger partial charge in [-0.3, -0.25) is 9.69 Å². The Balaban J connectivity index is 1.85. The highest BCUT2D eigenvalue weighted by atomic mass is 16.1. The third kappa shape index (κ3) is 5.48. The monoisotopic (exact) mass is 289 g/mol. The summed E-state index contributed by atoms with van der Waals surface area (Å²) in [5.74, 6) is 0.0650. The van der Waals surface area contributed by atoms with Gasteiger partial charge in [0, 0.05) is 31.6 Å². The van der Waals surface area contributed by atoms with E-state index >= 15 is 0 Å². The molecule has 2 unspecified atom stereocenters. The highest BCUT2D eigenvalue weighted by Gasteiger charge is 2.22. The topological polar surface area (TPSA) is 58.4 Å². The molecular weight excluding hydrogens is 262 g/mol. The second kappa shape index (κ2) is 8.15. The van der Waals surface area contributed by atoms with Crippen molar-refractivity contribution < 1.29 is 4.79 Å². The molecule has 2 rings (SSSR count). The van der Waals surface area contributed by atoms with Gasteiger partial charge in [-0.2, -0.15) is 0 Å². The molecule has 1 amide bonds. The van der Waals surface area contributed by atoms with Crippen molar-refractivity contribution in [2.24, 2.45) is 5.73 Å². The van der Waals surface area contributed by atoms with Crippen LogP contribution in [0, 0.1) is 0 Å². The van der Waals surface area contributed by atoms with Crippen LogP contribution in [-0.4, -0.2) is 36.0 Å². The Morgan fingerprint density at radius 2 is 2.14 bits per heavy atom. The number of benzene rings is 1. The largest absolute Gasteiger partial charge is 0.354 e. The van der Waals surface area contributed by atoms with Crippen LogP contribution in [0.15, 0.2) is 30.3 Å². The van der Waals surface area contributed by atoms with Crippen molar-refractivity contribution in [1.29, 1.82) is 0 Å². The lowest BCUT2D eigenvalue weighted by molar-refractivity contribution is -0.121. The number of carbonyl (C=O) groups excluding carboxylic acids is 1. The van der Waals surface area contributed by atoms with Crippen molar-refractivity contribution in [3.63, 3.8) is 0 Å². The van der Waals surface area contributed by atoms with Gasteiger partial charge in [0.15, 0.2) is 0 Å². The van der Waals surface area contributed by atoms with Crippen LogP contribution in [0.2, 0.25) is 0 Å². The van der Waals surface area contributed by atoms with E-state index in [2.05, 4.69) is 34.5 Å². The summed E-state index contributed by atoms with van der Waals surface area (Å²) >= 11 is 0. The number of carbonyl (C=O) groups is 1. The number of rotatable bonds is 6. The smallest absolute Gasteiger partial charge is 0.221 e. The van der Waals surface area contributed by atoms with Gasteiger partial charge in [-0.05, 0) is 31.9 Å². The molecule has 0 aliphatic carbocycles. The third-order valence-electron chi connectivity index (χ3n) is 4.02. The van der Waals surface area contributed by atoms with Crippen LogP contribution in [0.4, 0.5) is 0 Å². The van der Waals surface area contributed by atoms with Crippen LogP contribution in [-0.2, 0) is 11.3 Å². The van der Waals surface area contributed by atoms with Gasteiger partial charge in [0.05, 0.1) is 0 Å². The van der Waals surface area contributed by atoms with Crippen LogP contribution in [0.3, 0.4) is 0 Å². The molecule has 1 aliphatic heterocycles. The van der Waals surface area contributed by atoms with Gasteiger partial charge in [0.1, 0.15) is 0 Å². The maximum atomic E-state index is 11.8. The van der Waals surface area contributed by atoms with Gasteiger partial charge in [0.2, 0.25) is 5.91 Å². The van der Waals surface area contributed by atoms with E-state index in [1.807, 2.05) is 13.0 Å². The van der Waals surface area contributed by atoms with E-state index in [4.69, 9.17) is 5.73 Å². The second-order valence-corrected chi connectivity index (χ2v) is 6.09. The first-order chi connectivity index (χ1) is 10.1. The second-order valence-electron chi connectivity index (χ2n) is 6.09. The fraction of sp³-hybridized carbons (Fsp3) is 0.588. The average Bonchev–Trinajstić information content (AvgIpc) is 2.47. The van der Waals surface area contributed by atoms with E-state index < -0.39 is 0 Å². The minimum Gasteiger partial charge on any atom is -0.354 e. The fourth-order valence-electron chi connectivity index (χ4n) is 2.91. The molecule has 0 spiro atoms. The first-order valence-electron chi connectivity index (χ1n) is 7.95. The molecule has 1 saturated heterocycles. The highest BCUT2D eigenvalue weighted by molar-refractivity contribution is 5.76. The molecule has 1 fully saturated rings. The number of hydrogen-bond acceptors (Lipinski definition) is 3. The third-order valence-corrected chi connectivity index (χ3v) is 4.02. The molecular formula is C17H27N3O. The number of nitrogens with two attached hydrogens (primary N) is 1. The molecule has 4 nitrogen and oxygen atoms in total. The highest BCUT2D eigenvalue weighted by Crippen LogP contribution is 2.19. The van der Waals surface area contributed by atoms with Gasteiger partial charge in [-0.1, -0.05) is 36.8 Å². The van der Waals surface area contributed by atoms with Crippen molar-refractivity contribution in [2.75, 3.05) is 13.1 Å². The summed E-state index contributed by atoms with van der Waals surface area (Å²) in [6, 6.07) is 10.9. The molecule has 3 N–H and O–H groups in total. The summed E-state index contributed by atoms with van der Waals surface area (Å²) in [6.07, 6.45) is 4.06. The summed E-state index contributed by atoms with van der Waals surface area (Å²) in [4.78, 5) is 14.2. The maximum absolute atomic E-state index is 11.8. The van der Waals surface area contributed by atoms with Gasteiger partial charge in [-0.15, -0.1) is 0 Å². The standard InChI is InChI=1S/C17H27N3O/c1-14(18)11-17(21)19-12-16-9-5-6-10-20(16)13-15-7-3-2-4-8-15/h2-4,7-8,14,16H,5-6,9-13,18H2,1H3,(H,19,21). The summed E-state index contributed by atoms with van der Waals surface area (Å²) in [5.41, 5.74) is 7.00. The van der Waals surface area contributed by atoms with Gasteiger partial charge in [-0.25, -0.2) is 0 Å². The SMILES string of the molecule is CC(N)CC(=O)NCC1CCCCN1Cc1ccccc1. The first kappa shape index (κ1) is 16.0. The van der Waals surface area contributed by atoms with Crippen LogP contribution < -0.4 is 11.1 Å². The summed E-state index contributed by atoms with van der Waals surface area (Å²) in [6.45, 7) is 4.68. The minimum atomic E-state index is -0.0724. The van der Waals surface area contributed by atoms with Gasteiger partial charge >= 0.3 is 0 Å². The number of amides is 1. The molecule has 0 radical (unpaired) electrons. The van der Waals surface area contributed by atoms with E-state index in [0.29, 0.717) is 12.5 Å². The average molecular weight is 289 g/mol. The Morgan fingerprint density at radius 1 is 1.38 bits per heavy atom. The molecule has 0 bridgehead atoms. The molecule has 116 valence electrons. The quantitative estimate of drug-likeness (QED) is 0.841. The van der Waals surface area contributed by atoms with Crippen molar-refractivity contribution in [3.8, 4) is 0 Å². The van der Waals surface area contributed by atoms with Crippen LogP contribution >= 0.6 is 0 Å². The Labute approximate surface area is 127 Å². The molecule has 1 heterocycles. The predicted octanol–water partition coefficient (Wildman–Crippen LogP) is 1.89. The van der Waals surface area contributed by atoms with E-state index in [1.165, 1.54) is 18.4 Å². The van der Waals surface area contributed by atoms with Crippen molar-refractivity contribution >= 4 is 5.91 Å². The van der Waals surface area contributed by atoms with Crippen molar-refractivity contribution in [2.45, 2.75) is 51.2 Å². The summed E-state index contributed by atoms with van der Waals surface area (Å²) < 4.78 is 0. The lowest BCUT2D eigenvalue weighted by Gasteiger charge is -2.36. The number of hydrogen-bond donors (Lipinski definition) is 2. The number of likely N-dealkylation sites (tertiary alicyclic amines) is 1. The Hall–Kier alpha value is -1.39. The maximum Gasteiger partial charge on any atom is 0.221 e. The zero-order chi connectivity index (χ0) is 15.1. The normalized spacial score (nSPS) is 21.0. The van der Waals surface area contributed by atoms with Crippen LogP contribution in [0.1, 0.15) is 38.2 Å². The molecule has 21 heavy (non-hydrogen) atoms. The molecule has 0 aromatic heterocycles. The molecule has 4 heteroatoms. The Bertz CT molecular complexity index is 433. The summed E-state index contributed by atoms with van der Waals surface area (Å²) in [5, 5.41) is 3.04. The van der Waals surface area contributed by atoms with Gasteiger partial charge < -0.3 is 11.1 Å². The Kier molecular flexibility index (Phi) is 6.21. The minimum absolute atomic E-state index is 0.0650. The molecule has 1 aliphatic rings. The lowest BCUT2D eigenvalue weighted by atomic mass is 10.0. The Morgan fingerprint density at radius 3 is 2.86 bits per heavy atom. The predicted molar refractivity (Wildman–Crippen MR) is 85.8 cm³/mol. The molecule has 1 aromatic carbocycles. The van der Waals surface area contributed by atoms with Gasteiger partial charge in [0.25, 0.3) is 0 Å². The van der Waals surface area contributed by atoms with Crippen LogP contribution in [0.5, 0.6) is 0 Å². The van der Waals surface area contributed by atoms with E-state index in [1.54, 1.807) is 0 Å². The van der Waals surface area contributed by atoms with Crippen molar-refractivity contribution in [3.05, 3.63) is 35.9 Å². The lowest BCUT2D eigenvalue weighted by Crippen LogP contribution is -2.46. The van der Waals surface area contributed by atoms with Crippen LogP contribution in [0.25, 0.3) is 0 Å². The van der Waals surface area contributed by atoms with E-state index in [-0.39, 0.29) is 11.9 Å². The zero-order valence-corrected chi connectivity index (χ0v) is 12.9. The number of nitrogens with one attached hydrogen (secondary N) is 1. The van der Waals surface area contributed by atoms with Crippen molar-refractivity contribution in [1.82, 2.24) is 10.2 Å². The molecule has 0 saturated carbocycles. The fourth-order valence-corrected chi connectivity index (χ4v) is 2.91. The molecule has 2 atom stereocenters. The van der Waals surface area contributed by atoms with E-state index in [0.717, 1.165) is 26.1 Å². The number of piperidine rings is 1. The first-order valence-corrected chi connectivity index (χ1v) is 7.95. The zero-order valence-electron chi connectivity index (χ0n) is 12.9. The van der Waals surface area contributed by atoms with E-state index in [9.17, 15) is 4.79 Å². The summed E-state index contributed by atoms with van der Waals surface area (Å²) in [7, 11) is 0.